The SMILES string of the molecule is CC1(C)CC(OC(=O)N2CCC[C@@H]2C(=O)OCn2cc(F)c(=O)[nH]c2=O)CC(C)(C)N1O. The van der Waals surface area contributed by atoms with E-state index in [1.165, 1.54) is 9.96 Å². The molecule has 0 spiro atoms. The van der Waals surface area contributed by atoms with Crippen LogP contribution in [0.1, 0.15) is 53.4 Å². The summed E-state index contributed by atoms with van der Waals surface area (Å²) in [6.07, 6.45) is 1.30. The number of amides is 1. The predicted octanol–water partition coefficient (Wildman–Crippen LogP) is 1.19. The Kier molecular flexibility index (Phi) is 6.47. The maximum atomic E-state index is 13.4. The van der Waals surface area contributed by atoms with Gasteiger partial charge in [-0.1, -0.05) is 0 Å². The molecule has 0 aromatic carbocycles. The number of halogens is 1. The summed E-state index contributed by atoms with van der Waals surface area (Å²) in [5.74, 6) is -1.95. The van der Waals surface area contributed by atoms with Crippen LogP contribution in [0, 0.1) is 5.82 Å². The number of aromatic nitrogens is 2. The number of nitrogens with zero attached hydrogens (tertiary/aromatic N) is 3. The summed E-state index contributed by atoms with van der Waals surface area (Å²) in [5.41, 5.74) is -3.29. The number of likely N-dealkylation sites (tertiary alicyclic amines) is 1. The van der Waals surface area contributed by atoms with Gasteiger partial charge in [0.15, 0.2) is 6.73 Å². The Hall–Kier alpha value is -2.73. The normalized spacial score (nSPS) is 23.2. The molecule has 32 heavy (non-hydrogen) atoms. The number of piperidine rings is 1. The molecular formula is C20H29FN4O7. The molecule has 2 aliphatic heterocycles. The van der Waals surface area contributed by atoms with Crippen LogP contribution in [0.2, 0.25) is 0 Å². The van der Waals surface area contributed by atoms with Crippen molar-refractivity contribution in [3.05, 3.63) is 32.9 Å². The molecule has 2 fully saturated rings. The van der Waals surface area contributed by atoms with Gasteiger partial charge >= 0.3 is 17.8 Å². The molecule has 3 heterocycles. The lowest BCUT2D eigenvalue weighted by Gasteiger charge is -2.51. The molecule has 178 valence electrons. The zero-order valence-corrected chi connectivity index (χ0v) is 18.6. The predicted molar refractivity (Wildman–Crippen MR) is 108 cm³/mol. The fraction of sp³-hybridized carbons (Fsp3) is 0.700. The molecule has 1 aromatic heterocycles. The van der Waals surface area contributed by atoms with Gasteiger partial charge in [0, 0.05) is 30.5 Å². The molecule has 1 aromatic rings. The van der Waals surface area contributed by atoms with E-state index in [0.717, 1.165) is 0 Å². The minimum absolute atomic E-state index is 0.303. The Labute approximate surface area is 183 Å². The summed E-state index contributed by atoms with van der Waals surface area (Å²) >= 11 is 0. The second kappa shape index (κ2) is 8.66. The third-order valence-corrected chi connectivity index (χ3v) is 5.94. The van der Waals surface area contributed by atoms with Gasteiger partial charge < -0.3 is 14.7 Å². The van der Waals surface area contributed by atoms with E-state index in [9.17, 15) is 28.8 Å². The van der Waals surface area contributed by atoms with Crippen LogP contribution in [-0.4, -0.2) is 66.6 Å². The summed E-state index contributed by atoms with van der Waals surface area (Å²) in [6, 6.07) is -0.898. The van der Waals surface area contributed by atoms with Gasteiger partial charge in [0.2, 0.25) is 5.82 Å². The van der Waals surface area contributed by atoms with E-state index in [4.69, 9.17) is 9.47 Å². The van der Waals surface area contributed by atoms with Gasteiger partial charge in [0.25, 0.3) is 5.56 Å². The van der Waals surface area contributed by atoms with Gasteiger partial charge in [-0.2, -0.15) is 9.45 Å². The molecule has 12 heteroatoms. The Balaban J connectivity index is 1.63. The first kappa shape index (κ1) is 23.9. The maximum absolute atomic E-state index is 13.4. The molecule has 0 saturated carbocycles. The number of H-pyrrole nitrogens is 1. The van der Waals surface area contributed by atoms with E-state index in [2.05, 4.69) is 0 Å². The number of ether oxygens (including phenoxy) is 2. The third kappa shape index (κ3) is 4.85. The van der Waals surface area contributed by atoms with Crippen molar-refractivity contribution in [3.63, 3.8) is 0 Å². The number of esters is 1. The molecule has 11 nitrogen and oxygen atoms in total. The molecule has 0 unspecified atom stereocenters. The van der Waals surface area contributed by atoms with Crippen LogP contribution in [0.15, 0.2) is 15.8 Å². The monoisotopic (exact) mass is 456 g/mol. The van der Waals surface area contributed by atoms with Crippen LogP contribution in [-0.2, 0) is 21.0 Å². The highest BCUT2D eigenvalue weighted by Crippen LogP contribution is 2.38. The summed E-state index contributed by atoms with van der Waals surface area (Å²) in [6.45, 7) is 7.11. The third-order valence-electron chi connectivity index (χ3n) is 5.94. The average molecular weight is 456 g/mol. The molecular weight excluding hydrogens is 427 g/mol. The van der Waals surface area contributed by atoms with Crippen LogP contribution >= 0.6 is 0 Å². The van der Waals surface area contributed by atoms with E-state index in [1.807, 2.05) is 27.7 Å². The van der Waals surface area contributed by atoms with Crippen molar-refractivity contribution in [2.24, 2.45) is 0 Å². The first-order valence-corrected chi connectivity index (χ1v) is 10.4. The molecule has 1 amide bonds. The first-order chi connectivity index (χ1) is 14.8. The lowest BCUT2D eigenvalue weighted by molar-refractivity contribution is -0.257. The van der Waals surface area contributed by atoms with Crippen molar-refractivity contribution in [2.45, 2.75) is 83.3 Å². The maximum Gasteiger partial charge on any atom is 0.410 e. The van der Waals surface area contributed by atoms with Gasteiger partial charge in [-0.25, -0.2) is 14.4 Å². The largest absolute Gasteiger partial charge is 0.446 e. The zero-order valence-electron chi connectivity index (χ0n) is 18.6. The number of carbonyl (C=O) groups is 2. The summed E-state index contributed by atoms with van der Waals surface area (Å²) < 4.78 is 24.9. The minimum atomic E-state index is -1.19. The van der Waals surface area contributed by atoms with Crippen LogP contribution in [0.25, 0.3) is 0 Å². The highest BCUT2D eigenvalue weighted by atomic mass is 19.1. The summed E-state index contributed by atoms with van der Waals surface area (Å²) in [7, 11) is 0. The topological polar surface area (TPSA) is 134 Å². The molecule has 1 atom stereocenters. The Morgan fingerprint density at radius 3 is 2.47 bits per heavy atom. The van der Waals surface area contributed by atoms with Crippen LogP contribution in [0.5, 0.6) is 0 Å². The molecule has 0 aliphatic carbocycles. The number of carbonyl (C=O) groups excluding carboxylic acids is 2. The quantitative estimate of drug-likeness (QED) is 0.646. The van der Waals surface area contributed by atoms with Gasteiger partial charge in [0.05, 0.1) is 6.20 Å². The molecule has 2 N–H and O–H groups in total. The van der Waals surface area contributed by atoms with E-state index in [0.29, 0.717) is 43.0 Å². The fourth-order valence-electron chi connectivity index (χ4n) is 4.51. The van der Waals surface area contributed by atoms with Crippen molar-refractivity contribution in [1.82, 2.24) is 19.5 Å². The standard InChI is InChI=1S/C20H29FN4O7/c1-19(2)8-12(9-20(3,4)25(19)30)32-18(29)24-7-5-6-14(24)16(27)31-11-23-10-13(21)15(26)22-17(23)28/h10,12,14,30H,5-9,11H2,1-4H3,(H,22,26,28)/t14-/m1/s1. The average Bonchev–Trinajstić information content (AvgIpc) is 3.17. The summed E-state index contributed by atoms with van der Waals surface area (Å²) in [4.78, 5) is 51.2. The van der Waals surface area contributed by atoms with Crippen molar-refractivity contribution >= 4 is 12.1 Å². The van der Waals surface area contributed by atoms with Crippen LogP contribution in [0.4, 0.5) is 9.18 Å². The van der Waals surface area contributed by atoms with Gasteiger partial charge in [0.1, 0.15) is 12.1 Å². The van der Waals surface area contributed by atoms with Crippen molar-refractivity contribution in [2.75, 3.05) is 6.54 Å². The smallest absolute Gasteiger partial charge is 0.410 e. The van der Waals surface area contributed by atoms with E-state index in [-0.39, 0.29) is 0 Å². The highest BCUT2D eigenvalue weighted by Gasteiger charge is 2.47. The number of hydrogen-bond donors (Lipinski definition) is 2. The van der Waals surface area contributed by atoms with Gasteiger partial charge in [-0.05, 0) is 40.5 Å². The minimum Gasteiger partial charge on any atom is -0.446 e. The number of hydrogen-bond acceptors (Lipinski definition) is 8. The molecule has 2 saturated heterocycles. The Morgan fingerprint density at radius 1 is 1.22 bits per heavy atom. The summed E-state index contributed by atoms with van der Waals surface area (Å²) in [5, 5.41) is 11.7. The van der Waals surface area contributed by atoms with Gasteiger partial charge in [-0.3, -0.25) is 19.2 Å². The van der Waals surface area contributed by atoms with E-state index < -0.39 is 59.1 Å². The Bertz CT molecular complexity index is 984. The second-order valence-electron chi connectivity index (χ2n) is 9.50. The molecule has 0 bridgehead atoms. The van der Waals surface area contributed by atoms with Crippen molar-refractivity contribution in [1.29, 1.82) is 0 Å². The number of rotatable bonds is 4. The van der Waals surface area contributed by atoms with Gasteiger partial charge in [-0.15, -0.1) is 0 Å². The van der Waals surface area contributed by atoms with E-state index >= 15 is 0 Å². The van der Waals surface area contributed by atoms with Crippen LogP contribution in [0.3, 0.4) is 0 Å². The lowest BCUT2D eigenvalue weighted by atomic mass is 9.80. The molecule has 3 rings (SSSR count). The fourth-order valence-corrected chi connectivity index (χ4v) is 4.51. The number of aromatic amines is 1. The molecule has 2 aliphatic rings. The lowest BCUT2D eigenvalue weighted by Crippen LogP contribution is -2.61. The van der Waals surface area contributed by atoms with Crippen molar-refractivity contribution < 1.29 is 28.7 Å². The number of hydroxylamine groups is 2. The second-order valence-corrected chi connectivity index (χ2v) is 9.50. The zero-order chi connectivity index (χ0) is 23.8. The van der Waals surface area contributed by atoms with E-state index in [1.54, 1.807) is 4.98 Å². The van der Waals surface area contributed by atoms with Crippen LogP contribution < -0.4 is 11.2 Å². The number of nitrogens with one attached hydrogen (secondary N) is 1. The first-order valence-electron chi connectivity index (χ1n) is 10.4. The molecule has 0 radical (unpaired) electrons. The highest BCUT2D eigenvalue weighted by molar-refractivity contribution is 5.82. The Morgan fingerprint density at radius 2 is 1.84 bits per heavy atom. The van der Waals surface area contributed by atoms with Crippen molar-refractivity contribution in [3.8, 4) is 0 Å².